The first-order chi connectivity index (χ1) is 9.46. The molecule has 1 amide bonds. The van der Waals surface area contributed by atoms with E-state index in [1.165, 1.54) is 32.1 Å². The van der Waals surface area contributed by atoms with Gasteiger partial charge in [0.05, 0.1) is 0 Å². The molecule has 0 aromatic heterocycles. The molecule has 0 radical (unpaired) electrons. The molecule has 4 nitrogen and oxygen atoms in total. The molecule has 1 aliphatic heterocycles. The van der Waals surface area contributed by atoms with Gasteiger partial charge < -0.3 is 15.4 Å². The first-order valence-corrected chi connectivity index (χ1v) is 8.16. The summed E-state index contributed by atoms with van der Waals surface area (Å²) in [7, 11) is 0. The van der Waals surface area contributed by atoms with Gasteiger partial charge in [0.2, 0.25) is 0 Å². The molecule has 1 aliphatic carbocycles. The number of carbonyl (C=O) groups excluding carboxylic acids is 1. The summed E-state index contributed by atoms with van der Waals surface area (Å²) in [6.07, 6.45) is 7.30. The molecular weight excluding hydrogens is 252 g/mol. The van der Waals surface area contributed by atoms with E-state index in [0.717, 1.165) is 25.4 Å². The Hall–Kier alpha value is -0.770. The first-order valence-electron chi connectivity index (χ1n) is 8.16. The maximum absolute atomic E-state index is 12.0. The highest BCUT2D eigenvalue weighted by Crippen LogP contribution is 2.36. The Kier molecular flexibility index (Phi) is 5.30. The second kappa shape index (κ2) is 6.79. The minimum absolute atomic E-state index is 0.257. The Balaban J connectivity index is 1.95. The Labute approximate surface area is 123 Å². The monoisotopic (exact) mass is 282 g/mol. The number of carbonyl (C=O) groups is 1. The van der Waals surface area contributed by atoms with Gasteiger partial charge in [-0.1, -0.05) is 25.7 Å². The molecule has 1 saturated carbocycles. The van der Waals surface area contributed by atoms with Crippen LogP contribution in [0.5, 0.6) is 0 Å². The molecule has 116 valence electrons. The van der Waals surface area contributed by atoms with Crippen molar-refractivity contribution in [2.24, 2.45) is 11.8 Å². The van der Waals surface area contributed by atoms with Crippen LogP contribution in [0.15, 0.2) is 0 Å². The third-order valence-electron chi connectivity index (χ3n) is 4.51. The third-order valence-corrected chi connectivity index (χ3v) is 4.51. The molecule has 2 unspecified atom stereocenters. The van der Waals surface area contributed by atoms with E-state index in [1.807, 2.05) is 20.8 Å². The number of rotatable bonds is 2. The van der Waals surface area contributed by atoms with E-state index in [-0.39, 0.29) is 12.1 Å². The molecule has 0 aromatic carbocycles. The second-order valence-electron chi connectivity index (χ2n) is 7.29. The standard InChI is InChI=1S/C16H30N2O2/c1-16(2,3)20-15(19)18-14-9-11-17-10-8-13(14)12-6-4-5-7-12/h12-14,17H,4-11H2,1-3H3,(H,18,19). The Morgan fingerprint density at radius 3 is 2.40 bits per heavy atom. The average molecular weight is 282 g/mol. The van der Waals surface area contributed by atoms with Crippen molar-refractivity contribution < 1.29 is 9.53 Å². The van der Waals surface area contributed by atoms with Gasteiger partial charge in [0.15, 0.2) is 0 Å². The van der Waals surface area contributed by atoms with Crippen molar-refractivity contribution in [3.8, 4) is 0 Å². The van der Waals surface area contributed by atoms with E-state index in [1.54, 1.807) is 0 Å². The highest BCUT2D eigenvalue weighted by atomic mass is 16.6. The number of hydrogen-bond acceptors (Lipinski definition) is 3. The van der Waals surface area contributed by atoms with Gasteiger partial charge in [-0.2, -0.15) is 0 Å². The lowest BCUT2D eigenvalue weighted by atomic mass is 9.82. The van der Waals surface area contributed by atoms with Crippen LogP contribution in [-0.4, -0.2) is 30.8 Å². The molecule has 4 heteroatoms. The van der Waals surface area contributed by atoms with E-state index in [4.69, 9.17) is 4.74 Å². The zero-order valence-corrected chi connectivity index (χ0v) is 13.2. The largest absolute Gasteiger partial charge is 0.444 e. The molecule has 0 aromatic rings. The van der Waals surface area contributed by atoms with Crippen LogP contribution in [0.25, 0.3) is 0 Å². The van der Waals surface area contributed by atoms with Gasteiger partial charge in [-0.25, -0.2) is 4.79 Å². The molecule has 2 fully saturated rings. The Bertz CT molecular complexity index is 319. The van der Waals surface area contributed by atoms with Gasteiger partial charge in [-0.15, -0.1) is 0 Å². The molecule has 0 bridgehead atoms. The van der Waals surface area contributed by atoms with Crippen LogP contribution >= 0.6 is 0 Å². The quantitative estimate of drug-likeness (QED) is 0.818. The molecule has 1 heterocycles. The minimum Gasteiger partial charge on any atom is -0.444 e. The normalized spacial score (nSPS) is 28.9. The summed E-state index contributed by atoms with van der Waals surface area (Å²) in [6.45, 7) is 7.80. The van der Waals surface area contributed by atoms with Crippen molar-refractivity contribution in [2.75, 3.05) is 13.1 Å². The minimum atomic E-state index is -0.421. The summed E-state index contributed by atoms with van der Waals surface area (Å²) in [5.74, 6) is 1.40. The van der Waals surface area contributed by atoms with Crippen molar-refractivity contribution in [1.82, 2.24) is 10.6 Å². The maximum Gasteiger partial charge on any atom is 0.407 e. The average Bonchev–Trinajstić information content (AvgIpc) is 2.75. The van der Waals surface area contributed by atoms with Gasteiger partial charge in [-0.3, -0.25) is 0 Å². The van der Waals surface area contributed by atoms with Crippen molar-refractivity contribution in [1.29, 1.82) is 0 Å². The fourth-order valence-electron chi connectivity index (χ4n) is 3.65. The molecule has 2 atom stereocenters. The van der Waals surface area contributed by atoms with Crippen LogP contribution in [0, 0.1) is 11.8 Å². The molecule has 2 rings (SSSR count). The molecule has 0 spiro atoms. The number of amides is 1. The maximum atomic E-state index is 12.0. The predicted molar refractivity (Wildman–Crippen MR) is 80.7 cm³/mol. The topological polar surface area (TPSA) is 50.4 Å². The van der Waals surface area contributed by atoms with Crippen molar-refractivity contribution in [2.45, 2.75) is 70.9 Å². The number of alkyl carbamates (subject to hydrolysis) is 1. The summed E-state index contributed by atoms with van der Waals surface area (Å²) in [4.78, 5) is 12.0. The Morgan fingerprint density at radius 2 is 1.75 bits per heavy atom. The van der Waals surface area contributed by atoms with E-state index >= 15 is 0 Å². The molecule has 2 aliphatic rings. The second-order valence-corrected chi connectivity index (χ2v) is 7.29. The molecule has 1 saturated heterocycles. The van der Waals surface area contributed by atoms with Crippen LogP contribution in [-0.2, 0) is 4.74 Å². The lowest BCUT2D eigenvalue weighted by Crippen LogP contribution is -2.44. The van der Waals surface area contributed by atoms with Gasteiger partial charge in [0.1, 0.15) is 5.60 Å². The van der Waals surface area contributed by atoms with Crippen LogP contribution in [0.4, 0.5) is 4.79 Å². The molecule has 2 N–H and O–H groups in total. The third kappa shape index (κ3) is 4.65. The highest BCUT2D eigenvalue weighted by Gasteiger charge is 2.33. The van der Waals surface area contributed by atoms with Gasteiger partial charge in [-0.05, 0) is 58.5 Å². The van der Waals surface area contributed by atoms with E-state index < -0.39 is 5.60 Å². The summed E-state index contributed by atoms with van der Waals surface area (Å²) >= 11 is 0. The Morgan fingerprint density at radius 1 is 1.10 bits per heavy atom. The lowest BCUT2D eigenvalue weighted by Gasteiger charge is -2.31. The zero-order valence-electron chi connectivity index (χ0n) is 13.2. The van der Waals surface area contributed by atoms with E-state index in [0.29, 0.717) is 5.92 Å². The van der Waals surface area contributed by atoms with Crippen molar-refractivity contribution in [3.05, 3.63) is 0 Å². The fraction of sp³-hybridized carbons (Fsp3) is 0.938. The van der Waals surface area contributed by atoms with Crippen LogP contribution < -0.4 is 10.6 Å². The van der Waals surface area contributed by atoms with Crippen LogP contribution in [0.3, 0.4) is 0 Å². The van der Waals surface area contributed by atoms with E-state index in [9.17, 15) is 4.79 Å². The summed E-state index contributed by atoms with van der Waals surface area (Å²) < 4.78 is 5.42. The fourth-order valence-corrected chi connectivity index (χ4v) is 3.65. The number of ether oxygens (including phenoxy) is 1. The van der Waals surface area contributed by atoms with E-state index in [2.05, 4.69) is 10.6 Å². The van der Waals surface area contributed by atoms with Crippen LogP contribution in [0.2, 0.25) is 0 Å². The lowest BCUT2D eigenvalue weighted by molar-refractivity contribution is 0.0470. The SMILES string of the molecule is CC(C)(C)OC(=O)NC1CCNCCC1C1CCCC1. The summed E-state index contributed by atoms with van der Waals surface area (Å²) in [5.41, 5.74) is -0.421. The van der Waals surface area contributed by atoms with Gasteiger partial charge in [0, 0.05) is 6.04 Å². The van der Waals surface area contributed by atoms with Gasteiger partial charge in [0.25, 0.3) is 0 Å². The summed E-state index contributed by atoms with van der Waals surface area (Å²) in [6, 6.07) is 0.267. The number of hydrogen-bond donors (Lipinski definition) is 2. The predicted octanol–water partition coefficient (Wildman–Crippen LogP) is 3.07. The first kappa shape index (κ1) is 15.6. The zero-order chi connectivity index (χ0) is 14.6. The smallest absolute Gasteiger partial charge is 0.407 e. The molecule has 20 heavy (non-hydrogen) atoms. The van der Waals surface area contributed by atoms with Gasteiger partial charge >= 0.3 is 6.09 Å². The van der Waals surface area contributed by atoms with Crippen molar-refractivity contribution >= 4 is 6.09 Å². The molecular formula is C16H30N2O2. The van der Waals surface area contributed by atoms with Crippen molar-refractivity contribution in [3.63, 3.8) is 0 Å². The van der Waals surface area contributed by atoms with Crippen LogP contribution in [0.1, 0.15) is 59.3 Å². The number of nitrogens with one attached hydrogen (secondary N) is 2. The highest BCUT2D eigenvalue weighted by molar-refractivity contribution is 5.68. The summed E-state index contributed by atoms with van der Waals surface area (Å²) in [5, 5.41) is 6.60.